The number of benzene rings is 1. The number of halogens is 3. The van der Waals surface area contributed by atoms with Gasteiger partial charge in [-0.25, -0.2) is 4.98 Å². The van der Waals surface area contributed by atoms with Gasteiger partial charge in [0.2, 0.25) is 0 Å². The highest BCUT2D eigenvalue weighted by Crippen LogP contribution is 2.26. The Morgan fingerprint density at radius 2 is 1.63 bits per heavy atom. The van der Waals surface area contributed by atoms with Crippen molar-refractivity contribution in [1.82, 2.24) is 20.5 Å². The number of rotatable bonds is 8. The second-order valence-corrected chi connectivity index (χ2v) is 5.87. The summed E-state index contributed by atoms with van der Waals surface area (Å²) in [6.45, 7) is 0.435. The molecule has 3 rings (SSSR count). The van der Waals surface area contributed by atoms with Gasteiger partial charge in [-0.05, 0) is 36.4 Å². The average molecular weight is 418 g/mol. The van der Waals surface area contributed by atoms with Crippen LogP contribution in [0.2, 0.25) is 0 Å². The van der Waals surface area contributed by atoms with Crippen LogP contribution in [-0.4, -0.2) is 40.5 Å². The monoisotopic (exact) mass is 418 g/mol. The molecule has 0 radical (unpaired) electrons. The van der Waals surface area contributed by atoms with Crippen LogP contribution < -0.4 is 20.7 Å². The number of pyridine rings is 1. The second kappa shape index (κ2) is 9.54. The highest BCUT2D eigenvalue weighted by molar-refractivity contribution is 5.96. The minimum Gasteiger partial charge on any atom is -0.405 e. The fraction of sp³-hybridized carbons (Fsp3) is 0.158. The van der Waals surface area contributed by atoms with E-state index in [0.717, 1.165) is 6.07 Å². The largest absolute Gasteiger partial charge is 0.573 e. The topological polar surface area (TPSA) is 101 Å². The molecule has 0 saturated heterocycles. The van der Waals surface area contributed by atoms with Gasteiger partial charge in [-0.2, -0.15) is 0 Å². The van der Waals surface area contributed by atoms with E-state index in [0.29, 0.717) is 17.5 Å². The Morgan fingerprint density at radius 3 is 2.33 bits per heavy atom. The number of hydrogen-bond donors (Lipinski definition) is 3. The summed E-state index contributed by atoms with van der Waals surface area (Å²) in [5.74, 6) is 0.366. The molecule has 0 aliphatic rings. The lowest BCUT2D eigenvalue weighted by Crippen LogP contribution is -2.30. The molecule has 0 aliphatic carbocycles. The normalized spacial score (nSPS) is 10.9. The van der Waals surface area contributed by atoms with Gasteiger partial charge in [0.15, 0.2) is 5.82 Å². The molecule has 0 saturated carbocycles. The molecule has 1 amide bonds. The van der Waals surface area contributed by atoms with E-state index in [1.54, 1.807) is 30.5 Å². The maximum Gasteiger partial charge on any atom is 0.573 e. The predicted molar refractivity (Wildman–Crippen MR) is 103 cm³/mol. The first-order chi connectivity index (χ1) is 14.4. The van der Waals surface area contributed by atoms with E-state index in [2.05, 4.69) is 35.9 Å². The number of alkyl halides is 3. The predicted octanol–water partition coefficient (Wildman–Crippen LogP) is 3.36. The van der Waals surface area contributed by atoms with Crippen molar-refractivity contribution < 1.29 is 22.7 Å². The quantitative estimate of drug-likeness (QED) is 0.482. The molecule has 1 aromatic carbocycles. The molecule has 0 spiro atoms. The minimum absolute atomic E-state index is 0.148. The summed E-state index contributed by atoms with van der Waals surface area (Å²) < 4.78 is 41.2. The van der Waals surface area contributed by atoms with Crippen molar-refractivity contribution in [3.05, 3.63) is 66.4 Å². The van der Waals surface area contributed by atoms with Gasteiger partial charge >= 0.3 is 6.36 Å². The Hall–Kier alpha value is -3.89. The second-order valence-electron chi connectivity index (χ2n) is 5.87. The molecule has 0 aliphatic heterocycles. The van der Waals surface area contributed by atoms with Gasteiger partial charge in [-0.15, -0.1) is 23.4 Å². The molecule has 0 bridgehead atoms. The van der Waals surface area contributed by atoms with Gasteiger partial charge in [0.1, 0.15) is 17.4 Å². The van der Waals surface area contributed by atoms with Gasteiger partial charge < -0.3 is 20.7 Å². The van der Waals surface area contributed by atoms with E-state index >= 15 is 0 Å². The smallest absolute Gasteiger partial charge is 0.405 e. The van der Waals surface area contributed by atoms with Gasteiger partial charge in [-0.1, -0.05) is 18.2 Å². The first-order valence-electron chi connectivity index (χ1n) is 8.79. The fourth-order valence-corrected chi connectivity index (χ4v) is 2.39. The zero-order valence-electron chi connectivity index (χ0n) is 15.5. The number of carbonyl (C=O) groups is 1. The van der Waals surface area contributed by atoms with Crippen LogP contribution in [0.4, 0.5) is 30.6 Å². The van der Waals surface area contributed by atoms with Crippen LogP contribution in [-0.2, 0) is 0 Å². The molecule has 2 aromatic heterocycles. The van der Waals surface area contributed by atoms with Crippen LogP contribution in [0.5, 0.6) is 5.75 Å². The number of aromatic nitrogens is 3. The number of anilines is 3. The van der Waals surface area contributed by atoms with Gasteiger partial charge in [0, 0.05) is 19.3 Å². The highest BCUT2D eigenvalue weighted by atomic mass is 19.4. The van der Waals surface area contributed by atoms with E-state index in [-0.39, 0.29) is 18.7 Å². The number of nitrogens with zero attached hydrogens (tertiary/aromatic N) is 3. The number of amides is 1. The van der Waals surface area contributed by atoms with Crippen molar-refractivity contribution in [2.75, 3.05) is 23.7 Å². The maximum atomic E-state index is 12.4. The Morgan fingerprint density at radius 1 is 0.900 bits per heavy atom. The summed E-state index contributed by atoms with van der Waals surface area (Å²) in [5.41, 5.74) is -0.209. The van der Waals surface area contributed by atoms with Crippen LogP contribution in [0.25, 0.3) is 0 Å². The van der Waals surface area contributed by atoms with E-state index in [4.69, 9.17) is 0 Å². The standard InChI is InChI=1S/C19H17F3N6O2/c20-19(21,22)30-14-6-2-1-5-13(14)18(29)25-12-11-24-16-8-9-17(28-27-16)26-15-7-3-4-10-23-15/h1-10H,11-12H2,(H,24,27)(H,25,29)(H,23,26,28). The number of ether oxygens (including phenoxy) is 1. The molecule has 3 aromatic rings. The van der Waals surface area contributed by atoms with Crippen LogP contribution >= 0.6 is 0 Å². The molecular formula is C19H17F3N6O2. The van der Waals surface area contributed by atoms with E-state index in [9.17, 15) is 18.0 Å². The third-order valence-electron chi connectivity index (χ3n) is 3.66. The SMILES string of the molecule is O=C(NCCNc1ccc(Nc2ccccn2)nn1)c1ccccc1OC(F)(F)F. The Bertz CT molecular complexity index is 968. The highest BCUT2D eigenvalue weighted by Gasteiger charge is 2.32. The summed E-state index contributed by atoms with van der Waals surface area (Å²) in [4.78, 5) is 16.3. The fourth-order valence-electron chi connectivity index (χ4n) is 2.39. The molecule has 0 fully saturated rings. The Balaban J connectivity index is 1.46. The van der Waals surface area contributed by atoms with Crippen LogP contribution in [0.15, 0.2) is 60.8 Å². The molecule has 11 heteroatoms. The zero-order chi connectivity index (χ0) is 21.4. The molecule has 2 heterocycles. The zero-order valence-corrected chi connectivity index (χ0v) is 15.5. The van der Waals surface area contributed by atoms with Crippen LogP contribution in [0, 0.1) is 0 Å². The lowest BCUT2D eigenvalue weighted by atomic mass is 10.2. The summed E-state index contributed by atoms with van der Waals surface area (Å²) in [6.07, 6.45) is -3.23. The summed E-state index contributed by atoms with van der Waals surface area (Å²) in [7, 11) is 0. The molecule has 0 unspecified atom stereocenters. The molecule has 30 heavy (non-hydrogen) atoms. The van der Waals surface area contributed by atoms with E-state index in [1.165, 1.54) is 18.2 Å². The average Bonchev–Trinajstić information content (AvgIpc) is 2.72. The third-order valence-corrected chi connectivity index (χ3v) is 3.66. The van der Waals surface area contributed by atoms with Crippen LogP contribution in [0.3, 0.4) is 0 Å². The van der Waals surface area contributed by atoms with Crippen molar-refractivity contribution in [2.24, 2.45) is 0 Å². The number of para-hydroxylation sites is 1. The lowest BCUT2D eigenvalue weighted by Gasteiger charge is -2.13. The summed E-state index contributed by atoms with van der Waals surface area (Å²) in [6, 6.07) is 13.9. The Kier molecular flexibility index (Phi) is 6.63. The number of hydrogen-bond acceptors (Lipinski definition) is 7. The van der Waals surface area contributed by atoms with Crippen molar-refractivity contribution in [1.29, 1.82) is 0 Å². The number of carbonyl (C=O) groups excluding carboxylic acids is 1. The van der Waals surface area contributed by atoms with Crippen molar-refractivity contribution >= 4 is 23.4 Å². The van der Waals surface area contributed by atoms with Crippen molar-refractivity contribution in [2.45, 2.75) is 6.36 Å². The van der Waals surface area contributed by atoms with E-state index in [1.807, 2.05) is 6.07 Å². The molecule has 8 nitrogen and oxygen atoms in total. The van der Waals surface area contributed by atoms with E-state index < -0.39 is 18.0 Å². The van der Waals surface area contributed by atoms with Crippen molar-refractivity contribution in [3.63, 3.8) is 0 Å². The molecular weight excluding hydrogens is 401 g/mol. The summed E-state index contributed by atoms with van der Waals surface area (Å²) >= 11 is 0. The molecule has 3 N–H and O–H groups in total. The summed E-state index contributed by atoms with van der Waals surface area (Å²) in [5, 5.41) is 16.5. The molecule has 0 atom stereocenters. The first kappa shape index (κ1) is 20.8. The van der Waals surface area contributed by atoms with Crippen LogP contribution in [0.1, 0.15) is 10.4 Å². The van der Waals surface area contributed by atoms with Gasteiger partial charge in [0.05, 0.1) is 5.56 Å². The minimum atomic E-state index is -4.88. The van der Waals surface area contributed by atoms with Gasteiger partial charge in [-0.3, -0.25) is 4.79 Å². The van der Waals surface area contributed by atoms with Gasteiger partial charge in [0.25, 0.3) is 5.91 Å². The van der Waals surface area contributed by atoms with Crippen molar-refractivity contribution in [3.8, 4) is 5.75 Å². The number of nitrogens with one attached hydrogen (secondary N) is 3. The first-order valence-corrected chi connectivity index (χ1v) is 8.79. The molecule has 156 valence electrons. The lowest BCUT2D eigenvalue weighted by molar-refractivity contribution is -0.274. The maximum absolute atomic E-state index is 12.4. The Labute approximate surface area is 169 Å². The third kappa shape index (κ3) is 6.33.